The zero-order valence-corrected chi connectivity index (χ0v) is 17.3. The van der Waals surface area contributed by atoms with Gasteiger partial charge in [-0.2, -0.15) is 0 Å². The molecule has 1 aliphatic rings. The minimum absolute atomic E-state index is 0.0835. The fourth-order valence-corrected chi connectivity index (χ4v) is 10.2. The highest BCUT2D eigenvalue weighted by Crippen LogP contribution is 2.44. The van der Waals surface area contributed by atoms with Crippen LogP contribution in [0.2, 0.25) is 16.6 Å². The molecule has 0 aromatic heterocycles. The van der Waals surface area contributed by atoms with Gasteiger partial charge in [0.2, 0.25) is 14.2 Å². The van der Waals surface area contributed by atoms with E-state index < -0.39 is 8.32 Å². The van der Waals surface area contributed by atoms with Gasteiger partial charge in [0.1, 0.15) is 4.83 Å². The Balaban J connectivity index is 3.06. The zero-order chi connectivity index (χ0) is 16.5. The van der Waals surface area contributed by atoms with Gasteiger partial charge in [-0.15, -0.1) is 0 Å². The van der Waals surface area contributed by atoms with E-state index in [1.807, 2.05) is 0 Å². The molecule has 0 bridgehead atoms. The minimum atomic E-state index is -1.92. The third kappa shape index (κ3) is 3.56. The van der Waals surface area contributed by atoms with Gasteiger partial charge in [-0.3, -0.25) is 4.79 Å². The van der Waals surface area contributed by atoms with Gasteiger partial charge in [-0.1, -0.05) is 71.3 Å². The molecule has 1 N–H and O–H groups in total. The number of hydrogen-bond acceptors (Lipinski definition) is 2. The van der Waals surface area contributed by atoms with Crippen molar-refractivity contribution < 1.29 is 9.22 Å². The monoisotopic (exact) mass is 377 g/mol. The van der Waals surface area contributed by atoms with Crippen LogP contribution < -0.4 is 5.32 Å². The van der Waals surface area contributed by atoms with Crippen molar-refractivity contribution in [2.45, 2.75) is 89.0 Å². The largest absolute Gasteiger partial charge is 0.411 e. The lowest BCUT2D eigenvalue weighted by atomic mass is 9.92. The second kappa shape index (κ2) is 7.13. The van der Waals surface area contributed by atoms with Crippen molar-refractivity contribution in [2.75, 3.05) is 0 Å². The summed E-state index contributed by atoms with van der Waals surface area (Å²) < 4.78 is 6.90. The molecule has 21 heavy (non-hydrogen) atoms. The lowest BCUT2D eigenvalue weighted by Gasteiger charge is -2.49. The average Bonchev–Trinajstić information content (AvgIpc) is 2.36. The summed E-state index contributed by atoms with van der Waals surface area (Å²) in [6, 6.07) is 0.0978. The summed E-state index contributed by atoms with van der Waals surface area (Å²) in [5, 5.41) is 3.02. The number of β-lactam (4-membered cyclic amide) rings is 1. The molecular formula is C16H32BrNO2Si. The summed E-state index contributed by atoms with van der Waals surface area (Å²) in [6.45, 7) is 18.2. The van der Waals surface area contributed by atoms with Crippen LogP contribution in [-0.4, -0.2) is 31.2 Å². The molecule has 0 radical (unpaired) electrons. The first-order valence-electron chi connectivity index (χ1n) is 8.17. The van der Waals surface area contributed by atoms with E-state index >= 15 is 0 Å². The van der Waals surface area contributed by atoms with Crippen LogP contribution in [0.3, 0.4) is 0 Å². The Morgan fingerprint density at radius 2 is 1.43 bits per heavy atom. The number of carbonyl (C=O) groups is 1. The topological polar surface area (TPSA) is 38.3 Å². The Kier molecular flexibility index (Phi) is 6.51. The van der Waals surface area contributed by atoms with Gasteiger partial charge in [0, 0.05) is 0 Å². The van der Waals surface area contributed by atoms with E-state index in [-0.39, 0.29) is 22.9 Å². The highest BCUT2D eigenvalue weighted by atomic mass is 79.9. The molecule has 1 aliphatic heterocycles. The molecular weight excluding hydrogens is 346 g/mol. The van der Waals surface area contributed by atoms with E-state index in [2.05, 4.69) is 76.6 Å². The van der Waals surface area contributed by atoms with Gasteiger partial charge in [0.05, 0.1) is 12.1 Å². The van der Waals surface area contributed by atoms with Crippen molar-refractivity contribution in [2.24, 2.45) is 5.92 Å². The standard InChI is InChI=1S/C16H32BrNO2Si/c1-9(2)15(14-13(17)16(19)18-14)20-21(10(3)4,11(5)6)12(7)8/h9-15H,1-8H3,(H,18,19)/t13-,14+,15-/m0/s1. The third-order valence-corrected chi connectivity index (χ3v) is 12.0. The molecule has 1 rings (SSSR count). The van der Waals surface area contributed by atoms with E-state index in [9.17, 15) is 4.79 Å². The maximum Gasteiger partial charge on any atom is 0.236 e. The third-order valence-electron chi connectivity index (χ3n) is 4.93. The van der Waals surface area contributed by atoms with E-state index in [0.717, 1.165) is 0 Å². The Hall–Kier alpha value is 0.127. The summed E-state index contributed by atoms with van der Waals surface area (Å²) in [4.78, 5) is 11.4. The second-order valence-electron chi connectivity index (χ2n) is 7.58. The Morgan fingerprint density at radius 1 is 1.00 bits per heavy atom. The fourth-order valence-electron chi connectivity index (χ4n) is 3.90. The number of halogens is 1. The average molecular weight is 378 g/mol. The molecule has 0 aromatic rings. The first-order chi connectivity index (χ1) is 9.55. The molecule has 0 aliphatic carbocycles. The van der Waals surface area contributed by atoms with Crippen LogP contribution in [-0.2, 0) is 9.22 Å². The van der Waals surface area contributed by atoms with Crippen molar-refractivity contribution in [1.29, 1.82) is 0 Å². The first-order valence-corrected chi connectivity index (χ1v) is 11.2. The summed E-state index contributed by atoms with van der Waals surface area (Å²) in [7, 11) is -1.92. The normalized spacial score (nSPS) is 24.7. The molecule has 1 amide bonds. The van der Waals surface area contributed by atoms with Crippen LogP contribution in [0.15, 0.2) is 0 Å². The van der Waals surface area contributed by atoms with E-state index in [0.29, 0.717) is 22.5 Å². The van der Waals surface area contributed by atoms with Crippen molar-refractivity contribution in [1.82, 2.24) is 5.32 Å². The van der Waals surface area contributed by atoms with Crippen LogP contribution >= 0.6 is 15.9 Å². The zero-order valence-electron chi connectivity index (χ0n) is 14.7. The van der Waals surface area contributed by atoms with Gasteiger partial charge in [0.15, 0.2) is 0 Å². The number of carbonyl (C=O) groups excluding carboxylic acids is 1. The number of alkyl halides is 1. The van der Waals surface area contributed by atoms with Crippen LogP contribution in [0.4, 0.5) is 0 Å². The molecule has 0 saturated carbocycles. The predicted molar refractivity (Wildman–Crippen MR) is 95.4 cm³/mol. The maximum atomic E-state index is 11.5. The predicted octanol–water partition coefficient (Wildman–Crippen LogP) is 4.47. The van der Waals surface area contributed by atoms with E-state index in [1.54, 1.807) is 0 Å². The number of amides is 1. The van der Waals surface area contributed by atoms with Crippen molar-refractivity contribution >= 4 is 30.2 Å². The lowest BCUT2D eigenvalue weighted by molar-refractivity contribution is -0.130. The maximum absolute atomic E-state index is 11.5. The molecule has 3 nitrogen and oxygen atoms in total. The summed E-state index contributed by atoms with van der Waals surface area (Å²) in [5.74, 6) is 0.471. The van der Waals surface area contributed by atoms with Gasteiger partial charge in [0.25, 0.3) is 0 Å². The Labute approximate surface area is 139 Å². The molecule has 124 valence electrons. The second-order valence-corrected chi connectivity index (χ2v) is 14.0. The molecule has 1 saturated heterocycles. The lowest BCUT2D eigenvalue weighted by Crippen LogP contribution is -2.68. The van der Waals surface area contributed by atoms with E-state index in [1.165, 1.54) is 0 Å². The highest BCUT2D eigenvalue weighted by molar-refractivity contribution is 9.10. The molecule has 0 unspecified atom stereocenters. The first kappa shape index (κ1) is 19.2. The van der Waals surface area contributed by atoms with Crippen LogP contribution in [0.25, 0.3) is 0 Å². The van der Waals surface area contributed by atoms with Gasteiger partial charge in [-0.25, -0.2) is 0 Å². The van der Waals surface area contributed by atoms with Crippen LogP contribution in [0.5, 0.6) is 0 Å². The molecule has 1 heterocycles. The fraction of sp³-hybridized carbons (Fsp3) is 0.938. The number of hydrogen-bond donors (Lipinski definition) is 1. The highest BCUT2D eigenvalue weighted by Gasteiger charge is 2.51. The van der Waals surface area contributed by atoms with Gasteiger partial charge < -0.3 is 9.74 Å². The van der Waals surface area contributed by atoms with Crippen LogP contribution in [0, 0.1) is 5.92 Å². The van der Waals surface area contributed by atoms with E-state index in [4.69, 9.17) is 4.43 Å². The minimum Gasteiger partial charge on any atom is -0.411 e. The van der Waals surface area contributed by atoms with Crippen molar-refractivity contribution in [3.63, 3.8) is 0 Å². The van der Waals surface area contributed by atoms with Gasteiger partial charge >= 0.3 is 0 Å². The van der Waals surface area contributed by atoms with Crippen molar-refractivity contribution in [3.8, 4) is 0 Å². The summed E-state index contributed by atoms with van der Waals surface area (Å²) in [5.41, 5.74) is 1.68. The summed E-state index contributed by atoms with van der Waals surface area (Å²) in [6.07, 6.45) is 0.0888. The molecule has 3 atom stereocenters. The molecule has 5 heteroatoms. The van der Waals surface area contributed by atoms with Gasteiger partial charge in [-0.05, 0) is 22.5 Å². The quantitative estimate of drug-likeness (QED) is 0.403. The Morgan fingerprint density at radius 3 is 1.67 bits per heavy atom. The van der Waals surface area contributed by atoms with Crippen molar-refractivity contribution in [3.05, 3.63) is 0 Å². The Bertz CT molecular complexity index is 350. The SMILES string of the molecule is CC(C)[C@H](O[Si](C(C)C)(C(C)C)C(C)C)[C@@H]1NC(=O)[C@H]1Br. The number of rotatable bonds is 7. The molecule has 1 fully saturated rings. The summed E-state index contributed by atoms with van der Waals surface area (Å²) >= 11 is 3.50. The molecule has 0 aromatic carbocycles. The smallest absolute Gasteiger partial charge is 0.236 e. The molecule has 0 spiro atoms. The van der Waals surface area contributed by atoms with Crippen LogP contribution in [0.1, 0.15) is 55.4 Å². The number of nitrogens with one attached hydrogen (secondary N) is 1.